The van der Waals surface area contributed by atoms with E-state index in [0.29, 0.717) is 25.9 Å². The second-order valence-electron chi connectivity index (χ2n) is 3.87. The lowest BCUT2D eigenvalue weighted by molar-refractivity contribution is -0.156. The fourth-order valence-electron chi connectivity index (χ4n) is 1.31. The molecule has 0 rings (SSSR count). The fourth-order valence-corrected chi connectivity index (χ4v) is 1.31. The molecule has 6 nitrogen and oxygen atoms in total. The molecule has 104 valence electrons. The van der Waals surface area contributed by atoms with Crippen LogP contribution in [0.4, 0.5) is 0 Å². The molecular weight excluding hydrogens is 240 g/mol. The van der Waals surface area contributed by atoms with Crippen molar-refractivity contribution in [2.24, 2.45) is 0 Å². The third-order valence-corrected chi connectivity index (χ3v) is 2.03. The predicted octanol–water partition coefficient (Wildman–Crippen LogP) is 1.21. The number of rotatable bonds is 8. The average molecular weight is 260 g/mol. The highest BCUT2D eigenvalue weighted by Crippen LogP contribution is 2.07. The molecule has 0 fully saturated rings. The summed E-state index contributed by atoms with van der Waals surface area (Å²) in [4.78, 5) is 32.0. The highest BCUT2D eigenvalue weighted by molar-refractivity contribution is 5.67. The van der Waals surface area contributed by atoms with Crippen LogP contribution in [0.5, 0.6) is 0 Å². The predicted molar refractivity (Wildman–Crippen MR) is 62.7 cm³/mol. The number of carbonyl (C=O) groups excluding carboxylic acids is 3. The van der Waals surface area contributed by atoms with Gasteiger partial charge in [0.1, 0.15) is 12.7 Å². The van der Waals surface area contributed by atoms with E-state index in [0.717, 1.165) is 0 Å². The van der Waals surface area contributed by atoms with Gasteiger partial charge in [0.15, 0.2) is 0 Å². The molecule has 0 N–H and O–H groups in total. The maximum absolute atomic E-state index is 10.8. The second kappa shape index (κ2) is 9.44. The van der Waals surface area contributed by atoms with Gasteiger partial charge in [-0.1, -0.05) is 0 Å². The summed E-state index contributed by atoms with van der Waals surface area (Å²) in [6, 6.07) is 0. The molecule has 0 spiro atoms. The van der Waals surface area contributed by atoms with Crippen LogP contribution in [0.3, 0.4) is 0 Å². The van der Waals surface area contributed by atoms with E-state index >= 15 is 0 Å². The lowest BCUT2D eigenvalue weighted by atomic mass is 10.1. The number of esters is 3. The van der Waals surface area contributed by atoms with E-state index in [1.165, 1.54) is 20.8 Å². The first-order chi connectivity index (χ1) is 8.41. The third-order valence-electron chi connectivity index (χ3n) is 2.03. The standard InChI is InChI=1S/C12H20O6/c1-9(13)16-7-5-4-6-12(18-11(3)15)8-17-10(2)14/h12H,4-8H2,1-3H3. The van der Waals surface area contributed by atoms with Gasteiger partial charge >= 0.3 is 17.9 Å². The van der Waals surface area contributed by atoms with Crippen molar-refractivity contribution >= 4 is 17.9 Å². The van der Waals surface area contributed by atoms with E-state index in [4.69, 9.17) is 14.2 Å². The number of carbonyl (C=O) groups is 3. The van der Waals surface area contributed by atoms with Crippen molar-refractivity contribution < 1.29 is 28.6 Å². The second-order valence-corrected chi connectivity index (χ2v) is 3.87. The highest BCUT2D eigenvalue weighted by Gasteiger charge is 2.13. The maximum Gasteiger partial charge on any atom is 0.303 e. The summed E-state index contributed by atoms with van der Waals surface area (Å²) in [5.41, 5.74) is 0. The summed E-state index contributed by atoms with van der Waals surface area (Å²) in [6.45, 7) is 4.35. The van der Waals surface area contributed by atoms with Crippen LogP contribution in [-0.4, -0.2) is 37.2 Å². The van der Waals surface area contributed by atoms with Gasteiger partial charge in [-0.3, -0.25) is 14.4 Å². The minimum atomic E-state index is -0.441. The summed E-state index contributed by atoms with van der Waals surface area (Å²) < 4.78 is 14.6. The molecular formula is C12H20O6. The molecule has 0 saturated carbocycles. The zero-order valence-electron chi connectivity index (χ0n) is 11.1. The molecule has 1 atom stereocenters. The average Bonchev–Trinajstić information content (AvgIpc) is 2.23. The Hall–Kier alpha value is -1.59. The summed E-state index contributed by atoms with van der Waals surface area (Å²) in [5.74, 6) is -1.13. The van der Waals surface area contributed by atoms with Crippen molar-refractivity contribution in [2.75, 3.05) is 13.2 Å². The van der Waals surface area contributed by atoms with Gasteiger partial charge in [-0.2, -0.15) is 0 Å². The Kier molecular flexibility index (Phi) is 8.61. The Morgan fingerprint density at radius 2 is 1.50 bits per heavy atom. The molecule has 0 aliphatic carbocycles. The smallest absolute Gasteiger partial charge is 0.303 e. The first kappa shape index (κ1) is 16.4. The monoisotopic (exact) mass is 260 g/mol. The van der Waals surface area contributed by atoms with Crippen LogP contribution >= 0.6 is 0 Å². The lowest BCUT2D eigenvalue weighted by Crippen LogP contribution is -2.23. The third kappa shape index (κ3) is 10.9. The van der Waals surface area contributed by atoms with Crippen molar-refractivity contribution in [3.8, 4) is 0 Å². The van der Waals surface area contributed by atoms with Crippen LogP contribution < -0.4 is 0 Å². The molecule has 0 aliphatic heterocycles. The minimum Gasteiger partial charge on any atom is -0.466 e. The Morgan fingerprint density at radius 3 is 2.00 bits per heavy atom. The van der Waals surface area contributed by atoms with E-state index in [1.807, 2.05) is 0 Å². The van der Waals surface area contributed by atoms with Crippen molar-refractivity contribution in [3.05, 3.63) is 0 Å². The van der Waals surface area contributed by atoms with Crippen LogP contribution in [0.25, 0.3) is 0 Å². The topological polar surface area (TPSA) is 78.9 Å². The molecule has 0 aromatic carbocycles. The summed E-state index contributed by atoms with van der Waals surface area (Å²) in [5, 5.41) is 0. The molecule has 1 unspecified atom stereocenters. The fraction of sp³-hybridized carbons (Fsp3) is 0.750. The van der Waals surface area contributed by atoms with Crippen molar-refractivity contribution in [3.63, 3.8) is 0 Å². The van der Waals surface area contributed by atoms with E-state index in [-0.39, 0.29) is 12.6 Å². The first-order valence-corrected chi connectivity index (χ1v) is 5.85. The van der Waals surface area contributed by atoms with Crippen LogP contribution in [0.2, 0.25) is 0 Å². The Balaban J connectivity index is 3.81. The van der Waals surface area contributed by atoms with Gasteiger partial charge in [0.25, 0.3) is 0 Å². The quantitative estimate of drug-likeness (QED) is 0.371. The molecule has 0 amide bonds. The maximum atomic E-state index is 10.8. The SMILES string of the molecule is CC(=O)OCCCCC(COC(C)=O)OC(C)=O. The van der Waals surface area contributed by atoms with Crippen LogP contribution in [0.1, 0.15) is 40.0 Å². The summed E-state index contributed by atoms with van der Waals surface area (Å²) in [6.07, 6.45) is 1.52. The van der Waals surface area contributed by atoms with E-state index < -0.39 is 18.0 Å². The summed E-state index contributed by atoms with van der Waals surface area (Å²) in [7, 11) is 0. The minimum absolute atomic E-state index is 0.0580. The van der Waals surface area contributed by atoms with Crippen molar-refractivity contribution in [2.45, 2.75) is 46.1 Å². The van der Waals surface area contributed by atoms with Gasteiger partial charge in [-0.25, -0.2) is 0 Å². The van der Waals surface area contributed by atoms with E-state index in [1.54, 1.807) is 0 Å². The zero-order chi connectivity index (χ0) is 14.0. The van der Waals surface area contributed by atoms with E-state index in [9.17, 15) is 14.4 Å². The Bertz CT molecular complexity index is 286. The molecule has 0 saturated heterocycles. The van der Waals surface area contributed by atoms with E-state index in [2.05, 4.69) is 0 Å². The van der Waals surface area contributed by atoms with Gasteiger partial charge in [0.05, 0.1) is 6.61 Å². The molecule has 0 aromatic heterocycles. The summed E-state index contributed by atoms with van der Waals surface area (Å²) >= 11 is 0. The molecule has 0 aliphatic rings. The van der Waals surface area contributed by atoms with Crippen LogP contribution in [-0.2, 0) is 28.6 Å². The number of unbranched alkanes of at least 4 members (excludes halogenated alkanes) is 1. The van der Waals surface area contributed by atoms with Crippen molar-refractivity contribution in [1.29, 1.82) is 0 Å². The Labute approximate surface area is 107 Å². The van der Waals surface area contributed by atoms with Gasteiger partial charge in [0.2, 0.25) is 0 Å². The zero-order valence-corrected chi connectivity index (χ0v) is 11.1. The number of ether oxygens (including phenoxy) is 3. The Morgan fingerprint density at radius 1 is 0.889 bits per heavy atom. The first-order valence-electron chi connectivity index (χ1n) is 5.85. The van der Waals surface area contributed by atoms with Crippen LogP contribution in [0.15, 0.2) is 0 Å². The normalized spacial score (nSPS) is 11.5. The molecule has 0 radical (unpaired) electrons. The van der Waals surface area contributed by atoms with Gasteiger partial charge in [0, 0.05) is 20.8 Å². The largest absolute Gasteiger partial charge is 0.466 e. The molecule has 18 heavy (non-hydrogen) atoms. The molecule has 6 heteroatoms. The molecule has 0 aromatic rings. The van der Waals surface area contributed by atoms with Gasteiger partial charge in [-0.15, -0.1) is 0 Å². The number of hydrogen-bond donors (Lipinski definition) is 0. The van der Waals surface area contributed by atoms with Crippen molar-refractivity contribution in [1.82, 2.24) is 0 Å². The van der Waals surface area contributed by atoms with Crippen LogP contribution in [0, 0.1) is 0 Å². The molecule has 0 heterocycles. The highest BCUT2D eigenvalue weighted by atomic mass is 16.6. The molecule has 0 bridgehead atoms. The van der Waals surface area contributed by atoms with Gasteiger partial charge < -0.3 is 14.2 Å². The lowest BCUT2D eigenvalue weighted by Gasteiger charge is -2.16. The van der Waals surface area contributed by atoms with Gasteiger partial charge in [-0.05, 0) is 19.3 Å². The number of hydrogen-bond acceptors (Lipinski definition) is 6.